The van der Waals surface area contributed by atoms with Gasteiger partial charge in [-0.15, -0.1) is 0 Å². The lowest BCUT2D eigenvalue weighted by Gasteiger charge is -2.48. The molecule has 0 saturated carbocycles. The number of piperidine rings is 1. The van der Waals surface area contributed by atoms with Crippen molar-refractivity contribution in [1.29, 1.82) is 0 Å². The van der Waals surface area contributed by atoms with E-state index >= 15 is 0 Å². The van der Waals surface area contributed by atoms with Crippen molar-refractivity contribution >= 4 is 5.78 Å². The van der Waals surface area contributed by atoms with E-state index in [0.717, 1.165) is 18.7 Å². The summed E-state index contributed by atoms with van der Waals surface area (Å²) in [6, 6.07) is 42.1. The summed E-state index contributed by atoms with van der Waals surface area (Å²) in [5, 5.41) is 0. The summed E-state index contributed by atoms with van der Waals surface area (Å²) in [7, 11) is 0. The van der Waals surface area contributed by atoms with Crippen molar-refractivity contribution in [3.05, 3.63) is 144 Å². The Bertz CT molecular complexity index is 1190. The molecule has 4 atom stereocenters. The topological polar surface area (TPSA) is 20.3 Å². The summed E-state index contributed by atoms with van der Waals surface area (Å²) >= 11 is 0. The molecule has 0 N–H and O–H groups in total. The lowest BCUT2D eigenvalue weighted by atomic mass is 9.67. The van der Waals surface area contributed by atoms with Gasteiger partial charge < -0.3 is 0 Å². The van der Waals surface area contributed by atoms with Crippen LogP contribution in [0.25, 0.3) is 0 Å². The summed E-state index contributed by atoms with van der Waals surface area (Å²) in [5.41, 5.74) is 4.65. The third-order valence-electron chi connectivity index (χ3n) is 7.27. The lowest BCUT2D eigenvalue weighted by Crippen LogP contribution is -2.48. The van der Waals surface area contributed by atoms with Crippen molar-refractivity contribution < 1.29 is 4.79 Å². The largest absolute Gasteiger partial charge is 0.294 e. The molecule has 1 heterocycles. The van der Waals surface area contributed by atoms with Gasteiger partial charge >= 0.3 is 0 Å². The Morgan fingerprint density at radius 2 is 1.21 bits per heavy atom. The molecule has 170 valence electrons. The normalized spacial score (nSPS) is 22.9. The van der Waals surface area contributed by atoms with Crippen LogP contribution in [-0.4, -0.2) is 17.2 Å². The molecule has 1 saturated heterocycles. The molecule has 34 heavy (non-hydrogen) atoms. The Morgan fingerprint density at radius 3 is 1.79 bits per heavy atom. The quantitative estimate of drug-likeness (QED) is 0.293. The molecule has 5 rings (SSSR count). The SMILES string of the molecule is C[C@H]1[C@@H](c2ccccc2)[C@H](C(=O)c2ccccc2)CN(Cc2ccccc2)[C@@H]1c1ccccc1. The fourth-order valence-corrected chi connectivity index (χ4v) is 5.79. The molecule has 4 aromatic carbocycles. The van der Waals surface area contributed by atoms with Gasteiger partial charge in [0.05, 0.1) is 0 Å². The summed E-state index contributed by atoms with van der Waals surface area (Å²) in [6.45, 7) is 3.88. The molecule has 0 aliphatic carbocycles. The maximum atomic E-state index is 13.9. The second kappa shape index (κ2) is 10.2. The average molecular weight is 446 g/mol. The number of hydrogen-bond donors (Lipinski definition) is 0. The van der Waals surface area contributed by atoms with Crippen LogP contribution in [0.2, 0.25) is 0 Å². The van der Waals surface area contributed by atoms with E-state index in [1.165, 1.54) is 16.7 Å². The van der Waals surface area contributed by atoms with Crippen LogP contribution >= 0.6 is 0 Å². The summed E-state index contributed by atoms with van der Waals surface area (Å²) in [6.07, 6.45) is 0. The zero-order chi connectivity index (χ0) is 23.3. The highest BCUT2D eigenvalue weighted by atomic mass is 16.1. The average Bonchev–Trinajstić information content (AvgIpc) is 2.90. The Balaban J connectivity index is 1.59. The number of benzene rings is 4. The number of likely N-dealkylation sites (tertiary alicyclic amines) is 1. The minimum absolute atomic E-state index is 0.108. The molecule has 0 radical (unpaired) electrons. The van der Waals surface area contributed by atoms with Crippen molar-refractivity contribution in [1.82, 2.24) is 4.90 Å². The highest BCUT2D eigenvalue weighted by Crippen LogP contribution is 2.48. The third kappa shape index (κ3) is 4.60. The minimum Gasteiger partial charge on any atom is -0.294 e. The highest BCUT2D eigenvalue weighted by Gasteiger charge is 2.45. The second-order valence-electron chi connectivity index (χ2n) is 9.40. The maximum absolute atomic E-state index is 13.9. The first-order valence-corrected chi connectivity index (χ1v) is 12.2. The van der Waals surface area contributed by atoms with Crippen molar-refractivity contribution in [2.75, 3.05) is 6.54 Å². The first-order chi connectivity index (χ1) is 16.7. The van der Waals surface area contributed by atoms with Gasteiger partial charge in [0, 0.05) is 30.6 Å². The van der Waals surface area contributed by atoms with Crippen LogP contribution in [0, 0.1) is 11.8 Å². The standard InChI is InChI=1S/C32H31NO/c1-24-30(26-16-8-3-9-17-26)29(32(34)28-20-12-5-13-21-28)23-33(22-25-14-6-2-7-15-25)31(24)27-18-10-4-11-19-27/h2-21,24,29-31H,22-23H2,1H3/t24-,29+,30-,31-/m0/s1. The first-order valence-electron chi connectivity index (χ1n) is 12.2. The van der Waals surface area contributed by atoms with Crippen LogP contribution in [0.15, 0.2) is 121 Å². The van der Waals surface area contributed by atoms with E-state index in [9.17, 15) is 4.79 Å². The summed E-state index contributed by atoms with van der Waals surface area (Å²) in [5.74, 6) is 0.542. The molecule has 1 aliphatic heterocycles. The minimum atomic E-state index is -0.108. The fraction of sp³-hybridized carbons (Fsp3) is 0.219. The maximum Gasteiger partial charge on any atom is 0.167 e. The van der Waals surface area contributed by atoms with Crippen molar-refractivity contribution in [3.8, 4) is 0 Å². The van der Waals surface area contributed by atoms with E-state index < -0.39 is 0 Å². The van der Waals surface area contributed by atoms with Gasteiger partial charge in [-0.3, -0.25) is 9.69 Å². The van der Waals surface area contributed by atoms with E-state index in [4.69, 9.17) is 0 Å². The number of hydrogen-bond acceptors (Lipinski definition) is 2. The number of carbonyl (C=O) groups excluding carboxylic acids is 1. The Labute approximate surface area is 202 Å². The van der Waals surface area contributed by atoms with Crippen molar-refractivity contribution in [2.45, 2.75) is 25.4 Å². The van der Waals surface area contributed by atoms with Crippen LogP contribution in [0.5, 0.6) is 0 Å². The van der Waals surface area contributed by atoms with Gasteiger partial charge in [-0.05, 0) is 28.5 Å². The van der Waals surface area contributed by atoms with Gasteiger partial charge in [-0.2, -0.15) is 0 Å². The van der Waals surface area contributed by atoms with E-state index in [0.29, 0.717) is 0 Å². The molecule has 0 bridgehead atoms. The monoisotopic (exact) mass is 445 g/mol. The van der Waals surface area contributed by atoms with E-state index in [2.05, 4.69) is 103 Å². The summed E-state index contributed by atoms with van der Waals surface area (Å²) < 4.78 is 0. The third-order valence-corrected chi connectivity index (χ3v) is 7.27. The number of rotatable bonds is 6. The molecule has 0 amide bonds. The Hall–Kier alpha value is -3.49. The van der Waals surface area contributed by atoms with E-state index in [1.54, 1.807) is 0 Å². The van der Waals surface area contributed by atoms with Gasteiger partial charge in [-0.25, -0.2) is 0 Å². The smallest absolute Gasteiger partial charge is 0.167 e. The Kier molecular flexibility index (Phi) is 6.69. The highest BCUT2D eigenvalue weighted by molar-refractivity contribution is 5.98. The predicted octanol–water partition coefficient (Wildman–Crippen LogP) is 7.16. The molecule has 2 heteroatoms. The van der Waals surface area contributed by atoms with Gasteiger partial charge in [0.2, 0.25) is 0 Å². The van der Waals surface area contributed by atoms with Crippen LogP contribution in [-0.2, 0) is 6.54 Å². The van der Waals surface area contributed by atoms with E-state index in [-0.39, 0.29) is 29.6 Å². The van der Waals surface area contributed by atoms with Crippen LogP contribution < -0.4 is 0 Å². The zero-order valence-electron chi connectivity index (χ0n) is 19.6. The molecule has 0 spiro atoms. The van der Waals surface area contributed by atoms with Gasteiger partial charge in [0.1, 0.15) is 0 Å². The number of Topliss-reactive ketones (excluding diaryl/α,β-unsaturated/α-hetero) is 1. The zero-order valence-corrected chi connectivity index (χ0v) is 19.6. The molecule has 1 aliphatic rings. The number of carbonyl (C=O) groups is 1. The van der Waals surface area contributed by atoms with Crippen LogP contribution in [0.1, 0.15) is 45.9 Å². The second-order valence-corrected chi connectivity index (χ2v) is 9.40. The van der Waals surface area contributed by atoms with Crippen LogP contribution in [0.4, 0.5) is 0 Å². The molecule has 0 aromatic heterocycles. The molecular weight excluding hydrogens is 414 g/mol. The van der Waals surface area contributed by atoms with Gasteiger partial charge in [0.25, 0.3) is 0 Å². The lowest BCUT2D eigenvalue weighted by molar-refractivity contribution is 0.0321. The fourth-order valence-electron chi connectivity index (χ4n) is 5.79. The van der Waals surface area contributed by atoms with Crippen LogP contribution in [0.3, 0.4) is 0 Å². The van der Waals surface area contributed by atoms with E-state index in [1.807, 2.05) is 30.3 Å². The van der Waals surface area contributed by atoms with Gasteiger partial charge in [0.15, 0.2) is 5.78 Å². The summed E-state index contributed by atoms with van der Waals surface area (Å²) in [4.78, 5) is 16.5. The Morgan fingerprint density at radius 1 is 0.706 bits per heavy atom. The molecular formula is C32H31NO. The first kappa shape index (κ1) is 22.3. The number of nitrogens with zero attached hydrogens (tertiary/aromatic N) is 1. The van der Waals surface area contributed by atoms with Crippen molar-refractivity contribution in [3.63, 3.8) is 0 Å². The molecule has 2 nitrogen and oxygen atoms in total. The molecule has 0 unspecified atom stereocenters. The van der Waals surface area contributed by atoms with Crippen molar-refractivity contribution in [2.24, 2.45) is 11.8 Å². The molecule has 4 aromatic rings. The predicted molar refractivity (Wildman–Crippen MR) is 139 cm³/mol. The van der Waals surface area contributed by atoms with Gasteiger partial charge in [-0.1, -0.05) is 128 Å². The molecule has 1 fully saturated rings. The number of ketones is 1.